The van der Waals surface area contributed by atoms with E-state index in [0.717, 1.165) is 54.0 Å². The third kappa shape index (κ3) is 5.38. The summed E-state index contributed by atoms with van der Waals surface area (Å²) in [4.78, 5) is 24.4. The molecule has 1 fully saturated rings. The second-order valence-electron chi connectivity index (χ2n) is 8.81. The zero-order valence-corrected chi connectivity index (χ0v) is 21.9. The van der Waals surface area contributed by atoms with E-state index in [-0.39, 0.29) is 18.3 Å². The van der Waals surface area contributed by atoms with Gasteiger partial charge in [0, 0.05) is 61.1 Å². The Hall–Kier alpha value is -3.86. The quantitative estimate of drug-likeness (QED) is 0.318. The predicted molar refractivity (Wildman–Crippen MR) is 151 cm³/mol. The number of amides is 1. The van der Waals surface area contributed by atoms with Crippen molar-refractivity contribution in [1.29, 1.82) is 0 Å². The number of fused-ring (bicyclic) bond motifs is 1. The zero-order valence-electron chi connectivity index (χ0n) is 20.3. The molecule has 0 bridgehead atoms. The van der Waals surface area contributed by atoms with Crippen LogP contribution in [0.1, 0.15) is 11.6 Å². The topological polar surface area (TPSA) is 88.0 Å². The molecule has 0 aliphatic carbocycles. The first-order chi connectivity index (χ1) is 18.1. The minimum Gasteiger partial charge on any atom is -0.354 e. The highest BCUT2D eigenvalue weighted by atomic mass is 35.5. The minimum atomic E-state index is -0.865. The van der Waals surface area contributed by atoms with Crippen LogP contribution in [0.25, 0.3) is 22.0 Å². The van der Waals surface area contributed by atoms with Crippen LogP contribution >= 0.6 is 23.7 Å². The van der Waals surface area contributed by atoms with Crippen molar-refractivity contribution in [2.45, 2.75) is 6.04 Å². The molecule has 2 aromatic carbocycles. The normalized spacial score (nSPS) is 14.2. The van der Waals surface area contributed by atoms with Gasteiger partial charge in [-0.2, -0.15) is 5.10 Å². The number of anilines is 2. The molecule has 1 aliphatic rings. The summed E-state index contributed by atoms with van der Waals surface area (Å²) < 4.78 is 15.7. The Labute approximate surface area is 228 Å². The van der Waals surface area contributed by atoms with Crippen LogP contribution in [0.4, 0.5) is 15.3 Å². The van der Waals surface area contributed by atoms with Crippen molar-refractivity contribution >= 4 is 51.5 Å². The Morgan fingerprint density at radius 1 is 1.05 bits per heavy atom. The molecule has 11 heteroatoms. The molecule has 3 aromatic heterocycles. The third-order valence-electron chi connectivity index (χ3n) is 6.39. The smallest absolute Gasteiger partial charge is 0.255 e. The molecule has 1 atom stereocenters. The summed E-state index contributed by atoms with van der Waals surface area (Å²) in [5.74, 6) is 0.210. The SMILES string of the molecule is Cl.O=C(Nc1nccs1)[C@@H](c1cccc(F)c1)n1cc2ccc(-c3ccc(N4CCNCC4)nc3)cc2n1. The molecule has 0 spiro atoms. The van der Waals surface area contributed by atoms with Gasteiger partial charge in [-0.15, -0.1) is 23.7 Å². The molecule has 1 aliphatic heterocycles. The number of aromatic nitrogens is 4. The lowest BCUT2D eigenvalue weighted by Crippen LogP contribution is -2.43. The van der Waals surface area contributed by atoms with Gasteiger partial charge in [-0.25, -0.2) is 14.4 Å². The molecule has 5 aromatic rings. The van der Waals surface area contributed by atoms with Crippen LogP contribution in [-0.2, 0) is 4.79 Å². The van der Waals surface area contributed by atoms with Gasteiger partial charge in [0.15, 0.2) is 11.2 Å². The van der Waals surface area contributed by atoms with Crippen LogP contribution in [0.3, 0.4) is 0 Å². The van der Waals surface area contributed by atoms with Gasteiger partial charge in [0.2, 0.25) is 0 Å². The van der Waals surface area contributed by atoms with Gasteiger partial charge >= 0.3 is 0 Å². The van der Waals surface area contributed by atoms with Crippen molar-refractivity contribution in [3.05, 3.63) is 89.9 Å². The van der Waals surface area contributed by atoms with Crippen molar-refractivity contribution in [3.63, 3.8) is 0 Å². The van der Waals surface area contributed by atoms with Crippen LogP contribution < -0.4 is 15.5 Å². The summed E-state index contributed by atoms with van der Waals surface area (Å²) in [6.45, 7) is 3.80. The number of carbonyl (C=O) groups excluding carboxylic acids is 1. The molecular formula is C27H25ClFN7OS. The van der Waals surface area contributed by atoms with Gasteiger partial charge in [-0.05, 0) is 41.5 Å². The molecule has 0 unspecified atom stereocenters. The number of halogens is 2. The summed E-state index contributed by atoms with van der Waals surface area (Å²) >= 11 is 1.32. The zero-order chi connectivity index (χ0) is 25.2. The van der Waals surface area contributed by atoms with Crippen LogP contribution in [0, 0.1) is 5.82 Å². The van der Waals surface area contributed by atoms with Crippen LogP contribution in [0.15, 0.2) is 78.6 Å². The van der Waals surface area contributed by atoms with Gasteiger partial charge < -0.3 is 10.2 Å². The Morgan fingerprint density at radius 2 is 1.89 bits per heavy atom. The first-order valence-corrected chi connectivity index (χ1v) is 12.9. The summed E-state index contributed by atoms with van der Waals surface area (Å²) in [5, 5.41) is 14.0. The fourth-order valence-electron chi connectivity index (χ4n) is 4.54. The molecule has 4 heterocycles. The molecular weight excluding hydrogens is 525 g/mol. The number of hydrogen-bond donors (Lipinski definition) is 2. The first-order valence-electron chi connectivity index (χ1n) is 12.0. The highest BCUT2D eigenvalue weighted by Gasteiger charge is 2.25. The lowest BCUT2D eigenvalue weighted by Gasteiger charge is -2.28. The molecule has 0 saturated carbocycles. The summed E-state index contributed by atoms with van der Waals surface area (Å²) in [6.07, 6.45) is 5.31. The van der Waals surface area contributed by atoms with E-state index in [1.165, 1.54) is 23.5 Å². The van der Waals surface area contributed by atoms with Crippen LogP contribution in [-0.4, -0.2) is 51.8 Å². The second-order valence-corrected chi connectivity index (χ2v) is 9.70. The number of rotatable bonds is 6. The second kappa shape index (κ2) is 11.3. The number of carbonyl (C=O) groups is 1. The van der Waals surface area contributed by atoms with Gasteiger partial charge in [-0.3, -0.25) is 14.8 Å². The lowest BCUT2D eigenvalue weighted by molar-refractivity contribution is -0.118. The lowest BCUT2D eigenvalue weighted by atomic mass is 10.1. The fraction of sp³-hybridized carbons (Fsp3) is 0.185. The number of pyridine rings is 1. The molecule has 0 radical (unpaired) electrons. The average Bonchev–Trinajstić information content (AvgIpc) is 3.59. The maximum absolute atomic E-state index is 14.1. The number of nitrogens with one attached hydrogen (secondary N) is 2. The van der Waals surface area contributed by atoms with Crippen molar-refractivity contribution in [2.75, 3.05) is 36.4 Å². The van der Waals surface area contributed by atoms with E-state index < -0.39 is 11.9 Å². The fourth-order valence-corrected chi connectivity index (χ4v) is 5.08. The standard InChI is InChI=1S/C27H24FN7OS.ClH/c28-22-3-1-2-19(14-22)25(26(36)32-27-30-10-13-37-27)35-17-21-5-4-18(15-23(21)33-35)20-6-7-24(31-16-20)34-11-8-29-9-12-34;/h1-7,10,13-17,25,29H,8-9,11-12H2,(H,30,32,36);1H/t25-;/m1./s1. The van der Waals surface area contributed by atoms with E-state index in [9.17, 15) is 9.18 Å². The van der Waals surface area contributed by atoms with E-state index in [1.54, 1.807) is 28.4 Å². The van der Waals surface area contributed by atoms with Gasteiger partial charge in [0.05, 0.1) is 5.52 Å². The Balaban J connectivity index is 0.00000294. The van der Waals surface area contributed by atoms with E-state index in [1.807, 2.05) is 36.7 Å². The first kappa shape index (κ1) is 25.8. The van der Waals surface area contributed by atoms with Crippen molar-refractivity contribution in [3.8, 4) is 11.1 Å². The Bertz CT molecular complexity index is 1540. The van der Waals surface area contributed by atoms with E-state index >= 15 is 0 Å². The number of hydrogen-bond acceptors (Lipinski definition) is 7. The minimum absolute atomic E-state index is 0. The Morgan fingerprint density at radius 3 is 2.63 bits per heavy atom. The van der Waals surface area contributed by atoms with Gasteiger partial charge in [0.1, 0.15) is 11.6 Å². The maximum Gasteiger partial charge on any atom is 0.255 e. The largest absolute Gasteiger partial charge is 0.354 e. The molecule has 194 valence electrons. The van der Waals surface area contributed by atoms with E-state index in [0.29, 0.717) is 10.7 Å². The molecule has 38 heavy (non-hydrogen) atoms. The maximum atomic E-state index is 14.1. The van der Waals surface area contributed by atoms with Crippen molar-refractivity contribution in [2.24, 2.45) is 0 Å². The summed E-state index contributed by atoms with van der Waals surface area (Å²) in [6, 6.07) is 15.2. The van der Waals surface area contributed by atoms with Crippen LogP contribution in [0.2, 0.25) is 0 Å². The number of thiazole rings is 1. The highest BCUT2D eigenvalue weighted by Crippen LogP contribution is 2.28. The highest BCUT2D eigenvalue weighted by molar-refractivity contribution is 7.13. The number of piperazine rings is 1. The van der Waals surface area contributed by atoms with Crippen molar-refractivity contribution in [1.82, 2.24) is 25.1 Å². The molecule has 6 rings (SSSR count). The Kier molecular flexibility index (Phi) is 7.64. The van der Waals surface area contributed by atoms with Gasteiger partial charge in [-0.1, -0.05) is 24.3 Å². The van der Waals surface area contributed by atoms with E-state index in [4.69, 9.17) is 5.10 Å². The molecule has 8 nitrogen and oxygen atoms in total. The van der Waals surface area contributed by atoms with Crippen LogP contribution in [0.5, 0.6) is 0 Å². The van der Waals surface area contributed by atoms with Gasteiger partial charge in [0.25, 0.3) is 5.91 Å². The number of benzene rings is 2. The number of nitrogens with zero attached hydrogens (tertiary/aromatic N) is 5. The van der Waals surface area contributed by atoms with E-state index in [2.05, 4.69) is 31.6 Å². The summed E-state index contributed by atoms with van der Waals surface area (Å²) in [7, 11) is 0. The third-order valence-corrected chi connectivity index (χ3v) is 7.08. The monoisotopic (exact) mass is 549 g/mol. The summed E-state index contributed by atoms with van der Waals surface area (Å²) in [5.41, 5.74) is 3.19. The molecule has 2 N–H and O–H groups in total. The molecule has 1 saturated heterocycles. The average molecular weight is 550 g/mol. The molecule has 1 amide bonds. The predicted octanol–water partition coefficient (Wildman–Crippen LogP) is 4.75. The van der Waals surface area contributed by atoms with Crippen molar-refractivity contribution < 1.29 is 9.18 Å².